The summed E-state index contributed by atoms with van der Waals surface area (Å²) >= 11 is 3.37. The van der Waals surface area contributed by atoms with Crippen molar-refractivity contribution in [3.8, 4) is 0 Å². The van der Waals surface area contributed by atoms with Crippen LogP contribution in [0.25, 0.3) is 0 Å². The minimum Gasteiger partial charge on any atom is -0.396 e. The first-order chi connectivity index (χ1) is 6.72. The molecule has 0 bridgehead atoms. The zero-order valence-corrected chi connectivity index (χ0v) is 9.04. The number of hydrogen-bond acceptors (Lipinski definition) is 2. The molecule has 14 heavy (non-hydrogen) atoms. The molecule has 0 spiro atoms. The predicted molar refractivity (Wildman–Crippen MR) is 57.2 cm³/mol. The highest BCUT2D eigenvalue weighted by atomic mass is 79.9. The number of aliphatic hydroxyl groups excluding tert-OH is 1. The van der Waals surface area contributed by atoms with Gasteiger partial charge in [-0.15, -0.1) is 0 Å². The summed E-state index contributed by atoms with van der Waals surface area (Å²) in [6, 6.07) is 5.71. The summed E-state index contributed by atoms with van der Waals surface area (Å²) < 4.78 is 0.863. The molecule has 1 unspecified atom stereocenters. The molecule has 1 heterocycles. The van der Waals surface area contributed by atoms with Gasteiger partial charge >= 0.3 is 0 Å². The molecule has 0 aliphatic carbocycles. The van der Waals surface area contributed by atoms with E-state index in [0.717, 1.165) is 15.7 Å². The number of amides is 1. The highest BCUT2D eigenvalue weighted by Crippen LogP contribution is 2.36. The highest BCUT2D eigenvalue weighted by Gasteiger charge is 2.25. The molecular weight excluding hydrogens is 246 g/mol. The Morgan fingerprint density at radius 2 is 2.36 bits per heavy atom. The standard InChI is InChI=1S/C10H10BrNO2/c11-8-3-1-2-7-6(5-13)4-9(14)12-10(7)8/h1-3,6,13H,4-5H2,(H,12,14). The maximum absolute atomic E-state index is 11.3. The number of carbonyl (C=O) groups is 1. The second-order valence-electron chi connectivity index (χ2n) is 3.34. The lowest BCUT2D eigenvalue weighted by Crippen LogP contribution is -2.24. The van der Waals surface area contributed by atoms with E-state index >= 15 is 0 Å². The van der Waals surface area contributed by atoms with E-state index in [-0.39, 0.29) is 18.4 Å². The number of fused-ring (bicyclic) bond motifs is 1. The molecule has 1 aromatic rings. The van der Waals surface area contributed by atoms with Gasteiger partial charge in [-0.3, -0.25) is 4.79 Å². The summed E-state index contributed by atoms with van der Waals surface area (Å²) in [5.41, 5.74) is 1.80. The third-order valence-corrected chi connectivity index (χ3v) is 3.06. The van der Waals surface area contributed by atoms with Gasteiger partial charge in [-0.2, -0.15) is 0 Å². The molecule has 2 N–H and O–H groups in total. The molecule has 0 radical (unpaired) electrons. The van der Waals surface area contributed by atoms with Gasteiger partial charge in [-0.25, -0.2) is 0 Å². The molecule has 1 atom stereocenters. The summed E-state index contributed by atoms with van der Waals surface area (Å²) in [5, 5.41) is 11.9. The molecule has 2 rings (SSSR count). The van der Waals surface area contributed by atoms with Crippen LogP contribution in [0.15, 0.2) is 22.7 Å². The molecule has 1 aliphatic rings. The summed E-state index contributed by atoms with van der Waals surface area (Å²) in [6.45, 7) is 0.0108. The molecule has 0 saturated carbocycles. The zero-order valence-electron chi connectivity index (χ0n) is 7.46. The second-order valence-corrected chi connectivity index (χ2v) is 4.19. The summed E-state index contributed by atoms with van der Waals surface area (Å²) in [6.07, 6.45) is 0.361. The first-order valence-electron chi connectivity index (χ1n) is 4.41. The Balaban J connectivity index is 2.50. The van der Waals surface area contributed by atoms with Crippen LogP contribution in [0.2, 0.25) is 0 Å². The van der Waals surface area contributed by atoms with Crippen molar-refractivity contribution in [3.63, 3.8) is 0 Å². The van der Waals surface area contributed by atoms with E-state index < -0.39 is 0 Å². The van der Waals surface area contributed by atoms with Crippen molar-refractivity contribution < 1.29 is 9.90 Å². The minimum absolute atomic E-state index is 0.0108. The van der Waals surface area contributed by atoms with E-state index in [1.165, 1.54) is 0 Å². The third-order valence-electron chi connectivity index (χ3n) is 2.40. The number of carbonyl (C=O) groups excluding carboxylic acids is 1. The van der Waals surface area contributed by atoms with E-state index in [1.807, 2.05) is 18.2 Å². The number of hydrogen-bond donors (Lipinski definition) is 2. The molecule has 74 valence electrons. The second kappa shape index (κ2) is 3.71. The quantitative estimate of drug-likeness (QED) is 0.805. The Morgan fingerprint density at radius 1 is 1.57 bits per heavy atom. The van der Waals surface area contributed by atoms with Crippen LogP contribution in [-0.4, -0.2) is 17.6 Å². The van der Waals surface area contributed by atoms with Crippen molar-refractivity contribution in [3.05, 3.63) is 28.2 Å². The first kappa shape index (κ1) is 9.68. The van der Waals surface area contributed by atoms with Crippen LogP contribution in [0, 0.1) is 0 Å². The number of rotatable bonds is 1. The Kier molecular flexibility index (Phi) is 2.56. The van der Waals surface area contributed by atoms with Gasteiger partial charge in [0.15, 0.2) is 0 Å². The number of aliphatic hydroxyl groups is 1. The van der Waals surface area contributed by atoms with Gasteiger partial charge in [0.1, 0.15) is 0 Å². The van der Waals surface area contributed by atoms with Crippen LogP contribution in [0.5, 0.6) is 0 Å². The molecule has 1 amide bonds. The molecule has 1 aromatic carbocycles. The van der Waals surface area contributed by atoms with Crippen LogP contribution in [0.4, 0.5) is 5.69 Å². The molecule has 1 aliphatic heterocycles. The predicted octanol–water partition coefficient (Wildman–Crippen LogP) is 1.87. The van der Waals surface area contributed by atoms with Crippen LogP contribution in [0.1, 0.15) is 17.9 Å². The Hall–Kier alpha value is -0.870. The van der Waals surface area contributed by atoms with E-state index in [4.69, 9.17) is 5.11 Å². The van der Waals surface area contributed by atoms with Gasteiger partial charge in [0.25, 0.3) is 0 Å². The van der Waals surface area contributed by atoms with Gasteiger partial charge in [0.2, 0.25) is 5.91 Å². The van der Waals surface area contributed by atoms with Crippen LogP contribution in [0.3, 0.4) is 0 Å². The molecule has 4 heteroatoms. The van der Waals surface area contributed by atoms with Gasteiger partial charge in [-0.1, -0.05) is 12.1 Å². The average molecular weight is 256 g/mol. The Bertz CT molecular complexity index is 378. The van der Waals surface area contributed by atoms with Crippen LogP contribution in [-0.2, 0) is 4.79 Å². The van der Waals surface area contributed by atoms with Crippen LogP contribution >= 0.6 is 15.9 Å². The van der Waals surface area contributed by atoms with Crippen molar-refractivity contribution in [2.45, 2.75) is 12.3 Å². The number of halogens is 1. The number of anilines is 1. The van der Waals surface area contributed by atoms with Gasteiger partial charge < -0.3 is 10.4 Å². The fourth-order valence-corrected chi connectivity index (χ4v) is 2.18. The average Bonchev–Trinajstić information content (AvgIpc) is 2.18. The molecule has 0 aromatic heterocycles. The normalized spacial score (nSPS) is 20.1. The zero-order chi connectivity index (χ0) is 10.1. The van der Waals surface area contributed by atoms with Crippen molar-refractivity contribution in [2.75, 3.05) is 11.9 Å². The smallest absolute Gasteiger partial charge is 0.225 e. The molecule has 3 nitrogen and oxygen atoms in total. The van der Waals surface area contributed by atoms with E-state index in [2.05, 4.69) is 21.2 Å². The molecule has 0 fully saturated rings. The number of para-hydroxylation sites is 1. The summed E-state index contributed by atoms with van der Waals surface area (Å²) in [5.74, 6) is -0.111. The van der Waals surface area contributed by atoms with Gasteiger partial charge in [-0.05, 0) is 27.6 Å². The summed E-state index contributed by atoms with van der Waals surface area (Å²) in [4.78, 5) is 11.3. The Morgan fingerprint density at radius 3 is 3.07 bits per heavy atom. The largest absolute Gasteiger partial charge is 0.396 e. The van der Waals surface area contributed by atoms with Crippen LogP contribution < -0.4 is 5.32 Å². The maximum atomic E-state index is 11.3. The maximum Gasteiger partial charge on any atom is 0.225 e. The SMILES string of the molecule is O=C1CC(CO)c2cccc(Br)c2N1. The number of nitrogens with one attached hydrogen (secondary N) is 1. The van der Waals surface area contributed by atoms with E-state index in [1.54, 1.807) is 0 Å². The summed E-state index contributed by atoms with van der Waals surface area (Å²) in [7, 11) is 0. The van der Waals surface area contributed by atoms with E-state index in [0.29, 0.717) is 6.42 Å². The van der Waals surface area contributed by atoms with Crippen molar-refractivity contribution in [2.24, 2.45) is 0 Å². The lowest BCUT2D eigenvalue weighted by atomic mass is 9.91. The minimum atomic E-state index is -0.0729. The van der Waals surface area contributed by atoms with Gasteiger partial charge in [0, 0.05) is 16.8 Å². The molecular formula is C10H10BrNO2. The topological polar surface area (TPSA) is 49.3 Å². The van der Waals surface area contributed by atoms with Crippen molar-refractivity contribution >= 4 is 27.5 Å². The lowest BCUT2D eigenvalue weighted by molar-refractivity contribution is -0.117. The van der Waals surface area contributed by atoms with Crippen molar-refractivity contribution in [1.82, 2.24) is 0 Å². The fourth-order valence-electron chi connectivity index (χ4n) is 1.70. The lowest BCUT2D eigenvalue weighted by Gasteiger charge is -2.24. The fraction of sp³-hybridized carbons (Fsp3) is 0.300. The first-order valence-corrected chi connectivity index (χ1v) is 5.21. The Labute approximate surface area is 90.3 Å². The third kappa shape index (κ3) is 1.55. The number of benzene rings is 1. The monoisotopic (exact) mass is 255 g/mol. The van der Waals surface area contributed by atoms with Gasteiger partial charge in [0.05, 0.1) is 12.3 Å². The molecule has 0 saturated heterocycles. The van der Waals surface area contributed by atoms with Crippen molar-refractivity contribution in [1.29, 1.82) is 0 Å². The highest BCUT2D eigenvalue weighted by molar-refractivity contribution is 9.10. The van der Waals surface area contributed by atoms with E-state index in [9.17, 15) is 4.79 Å².